The molecule has 158 valence electrons. The third-order valence-electron chi connectivity index (χ3n) is 6.28. The third kappa shape index (κ3) is 3.56. The van der Waals surface area contributed by atoms with Crippen LogP contribution in [0, 0.1) is 0 Å². The third-order valence-corrected chi connectivity index (χ3v) is 6.28. The van der Waals surface area contributed by atoms with Crippen LogP contribution in [0.3, 0.4) is 0 Å². The molecule has 7 heteroatoms. The van der Waals surface area contributed by atoms with Crippen molar-refractivity contribution >= 4 is 12.1 Å². The Labute approximate surface area is 179 Å². The van der Waals surface area contributed by atoms with E-state index in [1.165, 1.54) is 28.5 Å². The molecule has 7 nitrogen and oxygen atoms in total. The Morgan fingerprint density at radius 1 is 1.00 bits per heavy atom. The highest BCUT2D eigenvalue weighted by molar-refractivity contribution is 5.86. The number of carbonyl (C=O) groups is 2. The number of carboxylic acid groups (broad SMARTS) is 1. The summed E-state index contributed by atoms with van der Waals surface area (Å²) < 4.78 is 7.44. The molecule has 0 bridgehead atoms. The lowest BCUT2D eigenvalue weighted by Crippen LogP contribution is -2.39. The average Bonchev–Trinajstić information content (AvgIpc) is 3.42. The molecule has 1 N–H and O–H groups in total. The molecule has 3 aromatic rings. The minimum Gasteiger partial charge on any atom is -0.478 e. The van der Waals surface area contributed by atoms with Crippen LogP contribution >= 0.6 is 0 Å². The van der Waals surface area contributed by atoms with Crippen LogP contribution in [0.15, 0.2) is 60.9 Å². The van der Waals surface area contributed by atoms with E-state index in [1.54, 1.807) is 15.8 Å². The van der Waals surface area contributed by atoms with Crippen molar-refractivity contribution in [2.75, 3.05) is 19.7 Å². The van der Waals surface area contributed by atoms with Gasteiger partial charge in [0.05, 0.1) is 17.8 Å². The number of carboxylic acids is 1. The van der Waals surface area contributed by atoms with Gasteiger partial charge in [-0.2, -0.15) is 5.10 Å². The zero-order valence-corrected chi connectivity index (χ0v) is 17.0. The molecule has 0 unspecified atom stereocenters. The van der Waals surface area contributed by atoms with Crippen molar-refractivity contribution in [2.45, 2.75) is 24.8 Å². The van der Waals surface area contributed by atoms with Crippen LogP contribution in [0.2, 0.25) is 0 Å². The number of hydrogen-bond acceptors (Lipinski definition) is 4. The van der Waals surface area contributed by atoms with Gasteiger partial charge in [-0.3, -0.25) is 4.68 Å². The van der Waals surface area contributed by atoms with Gasteiger partial charge in [0, 0.05) is 25.2 Å². The quantitative estimate of drug-likeness (QED) is 0.689. The molecule has 1 aromatic heterocycles. The lowest BCUT2D eigenvalue weighted by molar-refractivity contribution is 0.0696. The fraction of sp³-hybridized carbons (Fsp3) is 0.292. The van der Waals surface area contributed by atoms with E-state index in [4.69, 9.17) is 9.84 Å². The van der Waals surface area contributed by atoms with E-state index in [9.17, 15) is 9.59 Å². The second-order valence-corrected chi connectivity index (χ2v) is 8.04. The summed E-state index contributed by atoms with van der Waals surface area (Å²) in [4.78, 5) is 25.5. The van der Waals surface area contributed by atoms with Crippen molar-refractivity contribution < 1.29 is 19.4 Å². The first kappa shape index (κ1) is 19.4. The highest BCUT2D eigenvalue weighted by Crippen LogP contribution is 2.44. The van der Waals surface area contributed by atoms with Gasteiger partial charge in [0.15, 0.2) is 0 Å². The molecule has 1 amide bonds. The SMILES string of the molecule is O=C(O)c1cnn(C2CCN(C(=O)OCC3c4ccccc4-c4ccccc43)CC2)c1. The summed E-state index contributed by atoms with van der Waals surface area (Å²) in [5.41, 5.74) is 4.99. The van der Waals surface area contributed by atoms with E-state index in [-0.39, 0.29) is 23.6 Å². The molecule has 2 aliphatic rings. The predicted octanol–water partition coefficient (Wildman–Crippen LogP) is 4.17. The van der Waals surface area contributed by atoms with Crippen molar-refractivity contribution in [2.24, 2.45) is 0 Å². The maximum Gasteiger partial charge on any atom is 0.409 e. The minimum atomic E-state index is -0.984. The number of benzene rings is 2. The number of carbonyl (C=O) groups excluding carboxylic acids is 1. The summed E-state index contributed by atoms with van der Waals surface area (Å²) >= 11 is 0. The van der Waals surface area contributed by atoms with E-state index in [2.05, 4.69) is 29.4 Å². The lowest BCUT2D eigenvalue weighted by Gasteiger charge is -2.31. The molecular formula is C24H23N3O4. The van der Waals surface area contributed by atoms with Gasteiger partial charge in [-0.05, 0) is 35.1 Å². The topological polar surface area (TPSA) is 84.7 Å². The summed E-state index contributed by atoms with van der Waals surface area (Å²) in [6, 6.07) is 16.7. The Bertz CT molecular complexity index is 1090. The van der Waals surface area contributed by atoms with Gasteiger partial charge in [-0.25, -0.2) is 9.59 Å². The number of aromatic nitrogens is 2. The fourth-order valence-corrected chi connectivity index (χ4v) is 4.65. The number of aromatic carboxylic acids is 1. The number of nitrogens with zero attached hydrogens (tertiary/aromatic N) is 3. The summed E-state index contributed by atoms with van der Waals surface area (Å²) in [5.74, 6) is -0.935. The molecule has 0 saturated carbocycles. The average molecular weight is 417 g/mol. The monoisotopic (exact) mass is 417 g/mol. The normalized spacial score (nSPS) is 16.1. The van der Waals surface area contributed by atoms with Gasteiger partial charge in [0.2, 0.25) is 0 Å². The Kier molecular flexibility index (Phi) is 4.94. The Morgan fingerprint density at radius 3 is 2.19 bits per heavy atom. The maximum absolute atomic E-state index is 12.7. The molecular weight excluding hydrogens is 394 g/mol. The molecule has 2 heterocycles. The Morgan fingerprint density at radius 2 is 1.61 bits per heavy atom. The number of amides is 1. The van der Waals surface area contributed by atoms with E-state index >= 15 is 0 Å². The first-order valence-corrected chi connectivity index (χ1v) is 10.5. The van der Waals surface area contributed by atoms with Crippen molar-refractivity contribution in [3.63, 3.8) is 0 Å². The first-order chi connectivity index (χ1) is 15.1. The molecule has 0 spiro atoms. The standard InChI is InChI=1S/C24H23N3O4/c28-23(29)16-13-25-27(14-16)17-9-11-26(12-10-17)24(30)31-15-22-20-7-3-1-5-18(20)19-6-2-4-8-21(19)22/h1-8,13-14,17,22H,9-12,15H2,(H,28,29). The number of ether oxygens (including phenoxy) is 1. The summed E-state index contributed by atoms with van der Waals surface area (Å²) in [6.07, 6.45) is 4.04. The number of rotatable bonds is 4. The fourth-order valence-electron chi connectivity index (χ4n) is 4.65. The molecule has 1 fully saturated rings. The largest absolute Gasteiger partial charge is 0.478 e. The van der Waals surface area contributed by atoms with Crippen molar-refractivity contribution in [1.29, 1.82) is 0 Å². The molecule has 2 aromatic carbocycles. The number of fused-ring (bicyclic) bond motifs is 3. The molecule has 31 heavy (non-hydrogen) atoms. The Hall–Kier alpha value is -3.61. The van der Waals surface area contributed by atoms with Crippen LogP contribution in [-0.2, 0) is 4.74 Å². The number of hydrogen-bond donors (Lipinski definition) is 1. The van der Waals surface area contributed by atoms with Gasteiger partial charge in [0.1, 0.15) is 6.61 Å². The first-order valence-electron chi connectivity index (χ1n) is 10.5. The lowest BCUT2D eigenvalue weighted by atomic mass is 9.98. The van der Waals surface area contributed by atoms with Crippen molar-refractivity contribution in [1.82, 2.24) is 14.7 Å². The van der Waals surface area contributed by atoms with E-state index < -0.39 is 5.97 Å². The highest BCUT2D eigenvalue weighted by atomic mass is 16.6. The molecule has 0 atom stereocenters. The smallest absolute Gasteiger partial charge is 0.409 e. The molecule has 1 aliphatic heterocycles. The maximum atomic E-state index is 12.7. The van der Waals surface area contributed by atoms with E-state index in [1.807, 2.05) is 24.3 Å². The van der Waals surface area contributed by atoms with Crippen LogP contribution in [0.4, 0.5) is 4.79 Å². The Balaban J connectivity index is 1.21. The van der Waals surface area contributed by atoms with Crippen LogP contribution in [0.25, 0.3) is 11.1 Å². The molecule has 1 aliphatic carbocycles. The van der Waals surface area contributed by atoms with Crippen LogP contribution in [0.5, 0.6) is 0 Å². The van der Waals surface area contributed by atoms with E-state index in [0.717, 1.165) is 0 Å². The van der Waals surface area contributed by atoms with Gasteiger partial charge in [-0.1, -0.05) is 48.5 Å². The number of likely N-dealkylation sites (tertiary alicyclic amines) is 1. The van der Waals surface area contributed by atoms with Crippen LogP contribution in [0.1, 0.15) is 46.3 Å². The summed E-state index contributed by atoms with van der Waals surface area (Å²) in [5, 5.41) is 13.2. The minimum absolute atomic E-state index is 0.0485. The van der Waals surface area contributed by atoms with Gasteiger partial charge in [-0.15, -0.1) is 0 Å². The zero-order valence-electron chi connectivity index (χ0n) is 17.0. The highest BCUT2D eigenvalue weighted by Gasteiger charge is 2.31. The molecule has 1 saturated heterocycles. The van der Waals surface area contributed by atoms with Gasteiger partial charge in [0.25, 0.3) is 0 Å². The zero-order chi connectivity index (χ0) is 21.4. The second kappa shape index (κ2) is 7.91. The van der Waals surface area contributed by atoms with Crippen LogP contribution in [-0.4, -0.2) is 51.5 Å². The van der Waals surface area contributed by atoms with E-state index in [0.29, 0.717) is 32.5 Å². The number of piperidine rings is 1. The molecule has 5 rings (SSSR count). The summed E-state index contributed by atoms with van der Waals surface area (Å²) in [7, 11) is 0. The van der Waals surface area contributed by atoms with Crippen LogP contribution < -0.4 is 0 Å². The predicted molar refractivity (Wildman–Crippen MR) is 114 cm³/mol. The van der Waals surface area contributed by atoms with Gasteiger partial charge >= 0.3 is 12.1 Å². The summed E-state index contributed by atoms with van der Waals surface area (Å²) in [6.45, 7) is 1.43. The van der Waals surface area contributed by atoms with Crippen molar-refractivity contribution in [3.05, 3.63) is 77.6 Å². The van der Waals surface area contributed by atoms with Gasteiger partial charge < -0.3 is 14.7 Å². The molecule has 0 radical (unpaired) electrons. The second-order valence-electron chi connectivity index (χ2n) is 8.04. The van der Waals surface area contributed by atoms with Crippen molar-refractivity contribution in [3.8, 4) is 11.1 Å².